The van der Waals surface area contributed by atoms with E-state index in [1.807, 2.05) is 6.07 Å². The Labute approximate surface area is 122 Å². The number of aliphatic hydroxyl groups is 1. The second-order valence-corrected chi connectivity index (χ2v) is 4.28. The molecule has 5 heteroatoms. The van der Waals surface area contributed by atoms with Crippen molar-refractivity contribution in [3.8, 4) is 11.5 Å². The summed E-state index contributed by atoms with van der Waals surface area (Å²) in [7, 11) is 3.03. The van der Waals surface area contributed by atoms with E-state index >= 15 is 0 Å². The monoisotopic (exact) mass is 288 g/mol. The van der Waals surface area contributed by atoms with E-state index in [1.54, 1.807) is 37.5 Å². The predicted molar refractivity (Wildman–Crippen MR) is 79.4 cm³/mol. The molecule has 0 aliphatic rings. The molecule has 1 aromatic carbocycles. The van der Waals surface area contributed by atoms with Crippen molar-refractivity contribution in [1.29, 1.82) is 0 Å². The third-order valence-corrected chi connectivity index (χ3v) is 2.92. The molecule has 110 valence electrons. The Kier molecular flexibility index (Phi) is 4.79. The second-order valence-electron chi connectivity index (χ2n) is 4.28. The van der Waals surface area contributed by atoms with Gasteiger partial charge in [0.15, 0.2) is 0 Å². The summed E-state index contributed by atoms with van der Waals surface area (Å²) in [6.45, 7) is -0.0854. The zero-order valence-electron chi connectivity index (χ0n) is 11.8. The third kappa shape index (κ3) is 3.73. The minimum Gasteiger partial charge on any atom is -0.496 e. The molecular formula is C16H16O5. The van der Waals surface area contributed by atoms with Gasteiger partial charge in [0, 0.05) is 11.6 Å². The number of aliphatic hydroxyl groups excluding tert-OH is 1. The van der Waals surface area contributed by atoms with Crippen LogP contribution in [-0.4, -0.2) is 19.3 Å². The fourth-order valence-electron chi connectivity index (χ4n) is 1.85. The van der Waals surface area contributed by atoms with Crippen molar-refractivity contribution in [1.82, 2.24) is 0 Å². The van der Waals surface area contributed by atoms with Crippen LogP contribution in [0, 0.1) is 0 Å². The Bertz CT molecular complexity index is 700. The van der Waals surface area contributed by atoms with E-state index in [0.717, 1.165) is 5.56 Å². The van der Waals surface area contributed by atoms with Crippen LogP contribution in [0.2, 0.25) is 0 Å². The lowest BCUT2D eigenvalue weighted by Crippen LogP contribution is -1.98. The van der Waals surface area contributed by atoms with Gasteiger partial charge in [-0.25, -0.2) is 4.79 Å². The fourth-order valence-corrected chi connectivity index (χ4v) is 1.85. The van der Waals surface area contributed by atoms with Crippen LogP contribution >= 0.6 is 0 Å². The second kappa shape index (κ2) is 6.76. The highest BCUT2D eigenvalue weighted by atomic mass is 16.5. The molecule has 1 heterocycles. The number of benzene rings is 1. The van der Waals surface area contributed by atoms with Crippen molar-refractivity contribution in [3.05, 3.63) is 57.6 Å². The average molecular weight is 288 g/mol. The Balaban J connectivity index is 2.29. The molecule has 0 aliphatic carbocycles. The highest BCUT2D eigenvalue weighted by Crippen LogP contribution is 2.21. The number of hydrogen-bond acceptors (Lipinski definition) is 5. The molecule has 0 saturated heterocycles. The summed E-state index contributed by atoms with van der Waals surface area (Å²) >= 11 is 0. The van der Waals surface area contributed by atoms with Crippen molar-refractivity contribution in [3.63, 3.8) is 0 Å². The summed E-state index contributed by atoms with van der Waals surface area (Å²) < 4.78 is 15.3. The van der Waals surface area contributed by atoms with Crippen LogP contribution in [-0.2, 0) is 6.61 Å². The molecular weight excluding hydrogens is 272 g/mol. The highest BCUT2D eigenvalue weighted by Gasteiger charge is 2.02. The molecule has 21 heavy (non-hydrogen) atoms. The van der Waals surface area contributed by atoms with E-state index in [9.17, 15) is 9.90 Å². The lowest BCUT2D eigenvalue weighted by Gasteiger charge is -2.06. The first-order chi connectivity index (χ1) is 10.2. The Morgan fingerprint density at radius 2 is 1.95 bits per heavy atom. The van der Waals surface area contributed by atoms with Crippen LogP contribution in [0.3, 0.4) is 0 Å². The summed E-state index contributed by atoms with van der Waals surface area (Å²) in [5, 5.41) is 9.17. The fraction of sp³-hybridized carbons (Fsp3) is 0.188. The molecule has 0 unspecified atom stereocenters. The van der Waals surface area contributed by atoms with Gasteiger partial charge < -0.3 is 19.0 Å². The molecule has 0 amide bonds. The number of ether oxygens (including phenoxy) is 2. The Morgan fingerprint density at radius 3 is 2.62 bits per heavy atom. The lowest BCUT2D eigenvalue weighted by atomic mass is 10.1. The van der Waals surface area contributed by atoms with E-state index in [-0.39, 0.29) is 6.61 Å². The maximum Gasteiger partial charge on any atom is 0.339 e. The van der Waals surface area contributed by atoms with Gasteiger partial charge in [-0.3, -0.25) is 0 Å². The van der Waals surface area contributed by atoms with Crippen LogP contribution in [0.5, 0.6) is 11.5 Å². The molecule has 0 aliphatic heterocycles. The van der Waals surface area contributed by atoms with Crippen molar-refractivity contribution in [2.45, 2.75) is 6.61 Å². The van der Waals surface area contributed by atoms with Gasteiger partial charge in [-0.05, 0) is 17.7 Å². The van der Waals surface area contributed by atoms with Crippen LogP contribution < -0.4 is 15.1 Å². The first-order valence-electron chi connectivity index (χ1n) is 6.31. The van der Waals surface area contributed by atoms with Gasteiger partial charge in [0.1, 0.15) is 17.3 Å². The number of hydrogen-bond donors (Lipinski definition) is 1. The maximum absolute atomic E-state index is 11.3. The van der Waals surface area contributed by atoms with Gasteiger partial charge >= 0.3 is 5.63 Å². The van der Waals surface area contributed by atoms with Crippen LogP contribution in [0.25, 0.3) is 12.2 Å². The largest absolute Gasteiger partial charge is 0.496 e. The quantitative estimate of drug-likeness (QED) is 0.914. The predicted octanol–water partition coefficient (Wildman–Crippen LogP) is 2.32. The molecule has 0 radical (unpaired) electrons. The molecule has 2 rings (SSSR count). The SMILES string of the molecule is COc1cc(/C=C/c2ccc(CO)c(OC)c2)oc(=O)c1. The normalized spacial score (nSPS) is 10.8. The molecule has 5 nitrogen and oxygen atoms in total. The van der Waals surface area contributed by atoms with Crippen molar-refractivity contribution in [2.75, 3.05) is 14.2 Å². The van der Waals surface area contributed by atoms with Crippen LogP contribution in [0.1, 0.15) is 16.9 Å². The van der Waals surface area contributed by atoms with Crippen LogP contribution in [0.4, 0.5) is 0 Å². The minimum atomic E-state index is -0.470. The zero-order chi connectivity index (χ0) is 15.2. The molecule has 0 spiro atoms. The molecule has 2 aromatic rings. The number of rotatable bonds is 5. The average Bonchev–Trinajstić information content (AvgIpc) is 2.52. The Morgan fingerprint density at radius 1 is 1.14 bits per heavy atom. The molecule has 0 atom stereocenters. The van der Waals surface area contributed by atoms with Gasteiger partial charge in [-0.1, -0.05) is 18.2 Å². The Hall–Kier alpha value is -2.53. The molecule has 1 N–H and O–H groups in total. The third-order valence-electron chi connectivity index (χ3n) is 2.92. The number of methoxy groups -OCH3 is 2. The van der Waals surface area contributed by atoms with Crippen LogP contribution in [0.15, 0.2) is 39.5 Å². The van der Waals surface area contributed by atoms with E-state index < -0.39 is 5.63 Å². The van der Waals surface area contributed by atoms with Gasteiger partial charge in [0.2, 0.25) is 0 Å². The highest BCUT2D eigenvalue weighted by molar-refractivity contribution is 5.68. The molecule has 0 bridgehead atoms. The van der Waals surface area contributed by atoms with E-state index in [4.69, 9.17) is 13.9 Å². The van der Waals surface area contributed by atoms with Gasteiger partial charge in [-0.15, -0.1) is 0 Å². The first-order valence-corrected chi connectivity index (χ1v) is 6.31. The van der Waals surface area contributed by atoms with Gasteiger partial charge in [0.05, 0.1) is 26.9 Å². The molecule has 0 saturated carbocycles. The lowest BCUT2D eigenvalue weighted by molar-refractivity contribution is 0.274. The summed E-state index contributed by atoms with van der Waals surface area (Å²) in [5.74, 6) is 1.44. The molecule has 0 fully saturated rings. The summed E-state index contributed by atoms with van der Waals surface area (Å²) in [5.41, 5.74) is 1.10. The zero-order valence-corrected chi connectivity index (χ0v) is 11.8. The van der Waals surface area contributed by atoms with E-state index in [1.165, 1.54) is 13.2 Å². The molecule has 1 aromatic heterocycles. The smallest absolute Gasteiger partial charge is 0.339 e. The standard InChI is InChI=1S/C16H16O5/c1-19-14-8-13(21-16(18)9-14)6-4-11-3-5-12(10-17)15(7-11)20-2/h3-9,17H,10H2,1-2H3/b6-4+. The summed E-state index contributed by atoms with van der Waals surface area (Å²) in [6, 6.07) is 8.30. The van der Waals surface area contributed by atoms with Gasteiger partial charge in [0.25, 0.3) is 0 Å². The van der Waals surface area contributed by atoms with Crippen molar-refractivity contribution >= 4 is 12.2 Å². The van der Waals surface area contributed by atoms with Gasteiger partial charge in [-0.2, -0.15) is 0 Å². The maximum atomic E-state index is 11.3. The van der Waals surface area contributed by atoms with Crippen molar-refractivity contribution in [2.24, 2.45) is 0 Å². The summed E-state index contributed by atoms with van der Waals surface area (Å²) in [4.78, 5) is 11.3. The first kappa shape index (κ1) is 14.9. The topological polar surface area (TPSA) is 68.9 Å². The van der Waals surface area contributed by atoms with E-state index in [0.29, 0.717) is 22.8 Å². The minimum absolute atomic E-state index is 0.0854. The van der Waals surface area contributed by atoms with Crippen molar-refractivity contribution < 1.29 is 19.0 Å². The van der Waals surface area contributed by atoms with E-state index in [2.05, 4.69) is 0 Å². The summed E-state index contributed by atoms with van der Waals surface area (Å²) in [6.07, 6.45) is 3.44.